The van der Waals surface area contributed by atoms with E-state index < -0.39 is 16.0 Å². The van der Waals surface area contributed by atoms with E-state index in [2.05, 4.69) is 15.9 Å². The minimum absolute atomic E-state index is 0.0582. The maximum Gasteiger partial charge on any atom is 0.335 e. The molecule has 0 amide bonds. The van der Waals surface area contributed by atoms with Gasteiger partial charge in [0.1, 0.15) is 0 Å². The number of sulfonamides is 1. The second-order valence-corrected chi connectivity index (χ2v) is 7.96. The van der Waals surface area contributed by atoms with E-state index in [0.29, 0.717) is 19.0 Å². The number of benzene rings is 1. The largest absolute Gasteiger partial charge is 0.478 e. The second-order valence-electron chi connectivity index (χ2n) is 5.20. The molecule has 116 valence electrons. The van der Waals surface area contributed by atoms with Crippen molar-refractivity contribution in [1.82, 2.24) is 4.31 Å². The summed E-state index contributed by atoms with van der Waals surface area (Å²) in [5, 5.41) is 8.94. The molecule has 0 aliphatic heterocycles. The van der Waals surface area contributed by atoms with Crippen LogP contribution < -0.4 is 0 Å². The number of rotatable bonds is 6. The van der Waals surface area contributed by atoms with Gasteiger partial charge in [0.2, 0.25) is 10.0 Å². The quantitative estimate of drug-likeness (QED) is 0.829. The molecule has 21 heavy (non-hydrogen) atoms. The molecule has 0 radical (unpaired) electrons. The lowest BCUT2D eigenvalue weighted by Crippen LogP contribution is -2.37. The lowest BCUT2D eigenvalue weighted by molar-refractivity contribution is 0.0696. The van der Waals surface area contributed by atoms with Gasteiger partial charge in [0.25, 0.3) is 0 Å². The Labute approximate surface area is 133 Å². The molecule has 2 rings (SSSR count). The fourth-order valence-electron chi connectivity index (χ4n) is 2.34. The van der Waals surface area contributed by atoms with Crippen molar-refractivity contribution in [3.8, 4) is 0 Å². The van der Waals surface area contributed by atoms with Crippen LogP contribution in [0.2, 0.25) is 0 Å². The molecule has 0 saturated heterocycles. The summed E-state index contributed by atoms with van der Waals surface area (Å²) >= 11 is 3.18. The first-order valence-corrected chi connectivity index (χ1v) is 9.12. The standard InChI is InChI=1S/C14H18BrNO4S/c1-2-16(9-10-4-3-5-10)21(19,20)13-7-6-11(14(17)18)8-12(13)15/h6-8,10H,2-5,9H2,1H3,(H,17,18). The molecule has 1 aromatic carbocycles. The van der Waals surface area contributed by atoms with Crippen LogP contribution >= 0.6 is 15.9 Å². The average molecular weight is 376 g/mol. The predicted octanol–water partition coefficient (Wildman–Crippen LogP) is 2.96. The van der Waals surface area contributed by atoms with E-state index in [1.807, 2.05) is 6.92 Å². The monoisotopic (exact) mass is 375 g/mol. The summed E-state index contributed by atoms with van der Waals surface area (Å²) in [6, 6.07) is 4.00. The van der Waals surface area contributed by atoms with Gasteiger partial charge < -0.3 is 5.11 Å². The van der Waals surface area contributed by atoms with E-state index in [4.69, 9.17) is 5.11 Å². The van der Waals surface area contributed by atoms with Gasteiger partial charge >= 0.3 is 5.97 Å². The van der Waals surface area contributed by atoms with Crippen LogP contribution in [0.5, 0.6) is 0 Å². The predicted molar refractivity (Wildman–Crippen MR) is 82.9 cm³/mol. The number of aromatic carboxylic acids is 1. The minimum atomic E-state index is -3.60. The highest BCUT2D eigenvalue weighted by molar-refractivity contribution is 9.10. The Morgan fingerprint density at radius 1 is 1.43 bits per heavy atom. The van der Waals surface area contributed by atoms with E-state index in [9.17, 15) is 13.2 Å². The number of hydrogen-bond acceptors (Lipinski definition) is 3. The van der Waals surface area contributed by atoms with Crippen molar-refractivity contribution in [1.29, 1.82) is 0 Å². The number of carboxylic acids is 1. The Bertz CT molecular complexity index is 640. The van der Waals surface area contributed by atoms with Crippen molar-refractivity contribution in [2.24, 2.45) is 5.92 Å². The summed E-state index contributed by atoms with van der Waals surface area (Å²) in [5.41, 5.74) is 0.0582. The number of carboxylic acid groups (broad SMARTS) is 1. The van der Waals surface area contributed by atoms with E-state index in [1.54, 1.807) is 0 Å². The van der Waals surface area contributed by atoms with Gasteiger partial charge in [0.15, 0.2) is 0 Å². The van der Waals surface area contributed by atoms with E-state index in [1.165, 1.54) is 28.9 Å². The maximum atomic E-state index is 12.7. The highest BCUT2D eigenvalue weighted by Gasteiger charge is 2.30. The normalized spacial score (nSPS) is 16.0. The van der Waals surface area contributed by atoms with Crippen LogP contribution in [0.4, 0.5) is 0 Å². The zero-order valence-electron chi connectivity index (χ0n) is 11.8. The van der Waals surface area contributed by atoms with Gasteiger partial charge in [0, 0.05) is 17.6 Å². The molecule has 0 aromatic heterocycles. The number of carbonyl (C=O) groups is 1. The van der Waals surface area contributed by atoms with Crippen LogP contribution in [0.15, 0.2) is 27.6 Å². The average Bonchev–Trinajstić information content (AvgIpc) is 2.36. The molecular formula is C14H18BrNO4S. The first-order chi connectivity index (χ1) is 9.86. The molecule has 0 atom stereocenters. The highest BCUT2D eigenvalue weighted by atomic mass is 79.9. The van der Waals surface area contributed by atoms with Crippen LogP contribution in [-0.4, -0.2) is 36.9 Å². The molecule has 7 heteroatoms. The number of halogens is 1. The molecule has 1 aromatic rings. The zero-order valence-corrected chi connectivity index (χ0v) is 14.2. The summed E-state index contributed by atoms with van der Waals surface area (Å²) in [5.74, 6) is -0.641. The lowest BCUT2D eigenvalue weighted by Gasteiger charge is -2.31. The van der Waals surface area contributed by atoms with E-state index >= 15 is 0 Å². The van der Waals surface area contributed by atoms with Crippen molar-refractivity contribution >= 4 is 31.9 Å². The third kappa shape index (κ3) is 3.46. The smallest absolute Gasteiger partial charge is 0.335 e. The summed E-state index contributed by atoms with van der Waals surface area (Å²) in [7, 11) is -3.60. The molecule has 0 heterocycles. The first-order valence-electron chi connectivity index (χ1n) is 6.89. The number of nitrogens with zero attached hydrogens (tertiary/aromatic N) is 1. The molecule has 1 N–H and O–H groups in total. The first kappa shape index (κ1) is 16.5. The summed E-state index contributed by atoms with van der Waals surface area (Å²) in [4.78, 5) is 11.0. The Balaban J connectivity index is 2.30. The molecule has 5 nitrogen and oxygen atoms in total. The maximum absolute atomic E-state index is 12.7. The summed E-state index contributed by atoms with van der Waals surface area (Å²) < 4.78 is 27.1. The topological polar surface area (TPSA) is 74.7 Å². The van der Waals surface area contributed by atoms with Crippen LogP contribution in [-0.2, 0) is 10.0 Å². The minimum Gasteiger partial charge on any atom is -0.478 e. The Kier molecular flexibility index (Phi) is 5.06. The van der Waals surface area contributed by atoms with Gasteiger partial charge in [-0.15, -0.1) is 0 Å². The third-order valence-corrected chi connectivity index (χ3v) is 6.75. The summed E-state index contributed by atoms with van der Waals surface area (Å²) in [6.45, 7) is 2.76. The SMILES string of the molecule is CCN(CC1CCC1)S(=O)(=O)c1ccc(C(=O)O)cc1Br. The van der Waals surface area contributed by atoms with E-state index in [0.717, 1.165) is 12.8 Å². The number of hydrogen-bond donors (Lipinski definition) is 1. The summed E-state index contributed by atoms with van der Waals surface area (Å²) in [6.07, 6.45) is 3.32. The Morgan fingerprint density at radius 3 is 2.52 bits per heavy atom. The van der Waals surface area contributed by atoms with Gasteiger partial charge in [0.05, 0.1) is 10.5 Å². The molecule has 0 unspecified atom stereocenters. The van der Waals surface area contributed by atoms with Crippen molar-refractivity contribution in [2.75, 3.05) is 13.1 Å². The van der Waals surface area contributed by atoms with Crippen molar-refractivity contribution in [3.63, 3.8) is 0 Å². The molecule has 0 bridgehead atoms. The second kappa shape index (κ2) is 6.46. The molecular weight excluding hydrogens is 358 g/mol. The van der Waals surface area contributed by atoms with Gasteiger partial charge in [-0.3, -0.25) is 0 Å². The van der Waals surface area contributed by atoms with E-state index in [-0.39, 0.29) is 14.9 Å². The van der Waals surface area contributed by atoms with Crippen molar-refractivity contribution in [2.45, 2.75) is 31.1 Å². The van der Waals surface area contributed by atoms with Crippen LogP contribution in [0.3, 0.4) is 0 Å². The van der Waals surface area contributed by atoms with Crippen molar-refractivity contribution < 1.29 is 18.3 Å². The van der Waals surface area contributed by atoms with Crippen LogP contribution in [0.1, 0.15) is 36.5 Å². The molecule has 1 saturated carbocycles. The fraction of sp³-hybridized carbons (Fsp3) is 0.500. The molecule has 1 aliphatic carbocycles. The highest BCUT2D eigenvalue weighted by Crippen LogP contribution is 2.31. The zero-order chi connectivity index (χ0) is 15.6. The molecule has 1 fully saturated rings. The van der Waals surface area contributed by atoms with Crippen LogP contribution in [0, 0.1) is 5.92 Å². The Morgan fingerprint density at radius 2 is 2.10 bits per heavy atom. The van der Waals surface area contributed by atoms with Crippen LogP contribution in [0.25, 0.3) is 0 Å². The lowest BCUT2D eigenvalue weighted by atomic mass is 9.85. The van der Waals surface area contributed by atoms with Gasteiger partial charge in [-0.2, -0.15) is 4.31 Å². The molecule has 1 aliphatic rings. The third-order valence-electron chi connectivity index (χ3n) is 3.84. The Hall–Kier alpha value is -0.920. The fourth-order valence-corrected chi connectivity index (χ4v) is 4.91. The molecule has 0 spiro atoms. The van der Waals surface area contributed by atoms with Crippen molar-refractivity contribution in [3.05, 3.63) is 28.2 Å². The van der Waals surface area contributed by atoms with Gasteiger partial charge in [-0.25, -0.2) is 13.2 Å². The van der Waals surface area contributed by atoms with Gasteiger partial charge in [-0.05, 0) is 52.9 Å². The van der Waals surface area contributed by atoms with Gasteiger partial charge in [-0.1, -0.05) is 13.3 Å².